The first-order chi connectivity index (χ1) is 5.24. The molecule has 1 amide bonds. The van der Waals surface area contributed by atoms with Gasteiger partial charge in [0.1, 0.15) is 4.60 Å². The van der Waals surface area contributed by atoms with E-state index in [0.29, 0.717) is 16.8 Å². The Labute approximate surface area is 72.1 Å². The van der Waals surface area contributed by atoms with E-state index in [1.54, 1.807) is 18.2 Å². The van der Waals surface area contributed by atoms with Crippen LogP contribution in [-0.4, -0.2) is 11.4 Å². The molecule has 0 fully saturated rings. The van der Waals surface area contributed by atoms with Crippen LogP contribution in [0.5, 0.6) is 0 Å². The third kappa shape index (κ3) is 1.99. The van der Waals surface area contributed by atoms with E-state index in [1.165, 1.54) is 0 Å². The van der Waals surface area contributed by atoms with E-state index in [1.807, 2.05) is 0 Å². The van der Waals surface area contributed by atoms with Gasteiger partial charge >= 0.3 is 0 Å². The van der Waals surface area contributed by atoms with Crippen LogP contribution in [0.4, 0.5) is 5.82 Å². The minimum Gasteiger partial charge on any atom is -0.277 e. The topological polar surface area (TPSA) is 59.2 Å². The minimum absolute atomic E-state index is 0.411. The normalized spacial score (nSPS) is 9.27. The standard InChI is InChI=1S/C6H6BrN3O/c7-5-2-1-3-6(9-5)10(8)4-11/h1-4H,8H2. The molecule has 0 atom stereocenters. The van der Waals surface area contributed by atoms with E-state index in [0.717, 1.165) is 5.01 Å². The van der Waals surface area contributed by atoms with Crippen molar-refractivity contribution in [3.8, 4) is 0 Å². The highest BCUT2D eigenvalue weighted by Crippen LogP contribution is 2.10. The Balaban J connectivity index is 2.95. The molecule has 11 heavy (non-hydrogen) atoms. The van der Waals surface area contributed by atoms with Gasteiger partial charge in [-0.25, -0.2) is 15.8 Å². The Kier molecular flexibility index (Phi) is 2.56. The summed E-state index contributed by atoms with van der Waals surface area (Å²) < 4.78 is 0.646. The van der Waals surface area contributed by atoms with Gasteiger partial charge in [0.15, 0.2) is 5.82 Å². The van der Waals surface area contributed by atoms with Crippen LogP contribution in [-0.2, 0) is 4.79 Å². The van der Waals surface area contributed by atoms with Crippen LogP contribution in [0.3, 0.4) is 0 Å². The molecule has 5 heteroatoms. The molecule has 0 radical (unpaired) electrons. The number of rotatable bonds is 2. The molecule has 0 aliphatic rings. The quantitative estimate of drug-likeness (QED) is 0.260. The molecule has 1 aromatic heterocycles. The average Bonchev–Trinajstić information content (AvgIpc) is 2.03. The van der Waals surface area contributed by atoms with Crippen molar-refractivity contribution in [2.75, 3.05) is 5.01 Å². The minimum atomic E-state index is 0.411. The second-order valence-corrected chi connectivity index (χ2v) is 2.64. The summed E-state index contributed by atoms with van der Waals surface area (Å²) in [6.07, 6.45) is 0.495. The molecule has 0 bridgehead atoms. The fourth-order valence-electron chi connectivity index (χ4n) is 0.595. The molecule has 0 saturated heterocycles. The first kappa shape index (κ1) is 8.16. The summed E-state index contributed by atoms with van der Waals surface area (Å²) in [6.45, 7) is 0. The average molecular weight is 216 g/mol. The van der Waals surface area contributed by atoms with Gasteiger partial charge in [0.05, 0.1) is 0 Å². The van der Waals surface area contributed by atoms with E-state index < -0.39 is 0 Å². The van der Waals surface area contributed by atoms with Gasteiger partial charge in [-0.1, -0.05) is 6.07 Å². The first-order valence-electron chi connectivity index (χ1n) is 2.86. The first-order valence-corrected chi connectivity index (χ1v) is 3.65. The van der Waals surface area contributed by atoms with Gasteiger partial charge in [-0.15, -0.1) is 0 Å². The van der Waals surface area contributed by atoms with Crippen molar-refractivity contribution in [1.82, 2.24) is 4.98 Å². The van der Waals surface area contributed by atoms with Crippen LogP contribution in [0.1, 0.15) is 0 Å². The number of anilines is 1. The number of amides is 1. The summed E-state index contributed by atoms with van der Waals surface area (Å²) >= 11 is 3.15. The summed E-state index contributed by atoms with van der Waals surface area (Å²) in [5.74, 6) is 5.66. The summed E-state index contributed by atoms with van der Waals surface area (Å²) in [7, 11) is 0. The van der Waals surface area contributed by atoms with E-state index in [-0.39, 0.29) is 0 Å². The second kappa shape index (κ2) is 3.45. The van der Waals surface area contributed by atoms with Crippen molar-refractivity contribution in [1.29, 1.82) is 0 Å². The maximum Gasteiger partial charge on any atom is 0.229 e. The Morgan fingerprint density at radius 3 is 2.91 bits per heavy atom. The largest absolute Gasteiger partial charge is 0.277 e. The molecule has 0 saturated carbocycles. The van der Waals surface area contributed by atoms with Crippen molar-refractivity contribution in [2.45, 2.75) is 0 Å². The number of nitrogens with zero attached hydrogens (tertiary/aromatic N) is 2. The summed E-state index contributed by atoms with van der Waals surface area (Å²) in [5.41, 5.74) is 0. The Morgan fingerprint density at radius 2 is 2.36 bits per heavy atom. The van der Waals surface area contributed by atoms with Gasteiger partial charge < -0.3 is 0 Å². The van der Waals surface area contributed by atoms with Crippen LogP contribution in [0.15, 0.2) is 22.8 Å². The Hall–Kier alpha value is -0.940. The number of pyridine rings is 1. The Morgan fingerprint density at radius 1 is 1.64 bits per heavy atom. The molecule has 0 unspecified atom stereocenters. The van der Waals surface area contributed by atoms with Crippen LogP contribution >= 0.6 is 15.9 Å². The maximum atomic E-state index is 10.2. The fraction of sp³-hybridized carbons (Fsp3) is 0. The number of hydrogen-bond acceptors (Lipinski definition) is 3. The van der Waals surface area contributed by atoms with E-state index in [4.69, 9.17) is 5.84 Å². The number of nitrogens with two attached hydrogens (primary N) is 1. The lowest BCUT2D eigenvalue weighted by molar-refractivity contribution is -0.107. The maximum absolute atomic E-state index is 10.2. The van der Waals surface area contributed by atoms with Gasteiger partial charge in [0.25, 0.3) is 0 Å². The van der Waals surface area contributed by atoms with Crippen LogP contribution in [0, 0.1) is 0 Å². The number of hydrogen-bond donors (Lipinski definition) is 1. The van der Waals surface area contributed by atoms with Crippen LogP contribution in [0.25, 0.3) is 0 Å². The van der Waals surface area contributed by atoms with E-state index >= 15 is 0 Å². The molecule has 4 nitrogen and oxygen atoms in total. The molecule has 2 N–H and O–H groups in total. The van der Waals surface area contributed by atoms with Crippen molar-refractivity contribution >= 4 is 28.2 Å². The lowest BCUT2D eigenvalue weighted by Crippen LogP contribution is -2.29. The Bertz CT molecular complexity index is 266. The lowest BCUT2D eigenvalue weighted by Gasteiger charge is -2.07. The summed E-state index contributed by atoms with van der Waals surface area (Å²) in [6, 6.07) is 5.14. The highest BCUT2D eigenvalue weighted by molar-refractivity contribution is 9.10. The van der Waals surface area contributed by atoms with E-state index in [9.17, 15) is 4.79 Å². The monoisotopic (exact) mass is 215 g/mol. The third-order valence-corrected chi connectivity index (χ3v) is 1.52. The van der Waals surface area contributed by atoms with Gasteiger partial charge in [-0.2, -0.15) is 0 Å². The predicted molar refractivity (Wildman–Crippen MR) is 44.7 cm³/mol. The van der Waals surface area contributed by atoms with E-state index in [2.05, 4.69) is 20.9 Å². The SMILES string of the molecule is NN(C=O)c1cccc(Br)n1. The molecule has 0 aliphatic heterocycles. The number of aromatic nitrogens is 1. The highest BCUT2D eigenvalue weighted by Gasteiger charge is 1.99. The van der Waals surface area contributed by atoms with Crippen LogP contribution in [0.2, 0.25) is 0 Å². The molecule has 0 spiro atoms. The third-order valence-electron chi connectivity index (χ3n) is 1.08. The molecule has 1 heterocycles. The van der Waals surface area contributed by atoms with Gasteiger partial charge in [-0.05, 0) is 28.1 Å². The van der Waals surface area contributed by atoms with Gasteiger partial charge in [0, 0.05) is 0 Å². The van der Waals surface area contributed by atoms with Crippen LogP contribution < -0.4 is 10.9 Å². The summed E-state index contributed by atoms with van der Waals surface area (Å²) in [4.78, 5) is 14.1. The highest BCUT2D eigenvalue weighted by atomic mass is 79.9. The fourth-order valence-corrected chi connectivity index (χ4v) is 0.930. The number of carbonyl (C=O) groups excluding carboxylic acids is 1. The zero-order valence-corrected chi connectivity index (χ0v) is 7.15. The molecule has 1 aromatic rings. The second-order valence-electron chi connectivity index (χ2n) is 1.83. The zero-order chi connectivity index (χ0) is 8.27. The predicted octanol–water partition coefficient (Wildman–Crippen LogP) is 0.681. The van der Waals surface area contributed by atoms with Crippen molar-refractivity contribution in [2.24, 2.45) is 5.84 Å². The van der Waals surface area contributed by atoms with Crippen molar-refractivity contribution < 1.29 is 4.79 Å². The number of carbonyl (C=O) groups is 1. The smallest absolute Gasteiger partial charge is 0.229 e. The number of hydrazine groups is 1. The molecule has 0 aliphatic carbocycles. The van der Waals surface area contributed by atoms with Crippen molar-refractivity contribution in [3.63, 3.8) is 0 Å². The lowest BCUT2D eigenvalue weighted by atomic mass is 10.5. The van der Waals surface area contributed by atoms with Gasteiger partial charge in [0.2, 0.25) is 6.41 Å². The number of halogens is 1. The molecule has 58 valence electrons. The molecular formula is C6H6BrN3O. The zero-order valence-electron chi connectivity index (χ0n) is 5.57. The molecule has 1 rings (SSSR count). The summed E-state index contributed by atoms with van der Waals surface area (Å²) in [5, 5.41) is 0.908. The molecular weight excluding hydrogens is 210 g/mol. The van der Waals surface area contributed by atoms with Gasteiger partial charge in [-0.3, -0.25) is 4.79 Å². The van der Waals surface area contributed by atoms with Crippen molar-refractivity contribution in [3.05, 3.63) is 22.8 Å². The molecule has 0 aromatic carbocycles.